The summed E-state index contributed by atoms with van der Waals surface area (Å²) in [5, 5.41) is 77.0. The Morgan fingerprint density at radius 2 is 1.45 bits per heavy atom. The van der Waals surface area contributed by atoms with Gasteiger partial charge in [-0.3, -0.25) is 9.78 Å². The molecule has 1 aromatic heterocycles. The third-order valence-corrected chi connectivity index (χ3v) is 18.6. The van der Waals surface area contributed by atoms with Crippen molar-refractivity contribution in [1.29, 1.82) is 0 Å². The molecule has 3 heterocycles. The van der Waals surface area contributed by atoms with Gasteiger partial charge in [-0.1, -0.05) is 60.1 Å². The van der Waals surface area contributed by atoms with Gasteiger partial charge >= 0.3 is 11.9 Å². The highest BCUT2D eigenvalue weighted by Gasteiger charge is 2.70. The van der Waals surface area contributed by atoms with Gasteiger partial charge in [0.1, 0.15) is 36.6 Å². The molecule has 16 nitrogen and oxygen atoms in total. The van der Waals surface area contributed by atoms with Crippen LogP contribution in [0.25, 0.3) is 0 Å². The van der Waals surface area contributed by atoms with Gasteiger partial charge < -0.3 is 60.0 Å². The molecule has 1 aromatic rings. The number of carboxylic acids is 2. The van der Waals surface area contributed by atoms with E-state index in [1.165, 1.54) is 5.57 Å². The van der Waals surface area contributed by atoms with Crippen LogP contribution in [-0.4, -0.2) is 139 Å². The van der Waals surface area contributed by atoms with Crippen LogP contribution < -0.4 is 5.32 Å². The van der Waals surface area contributed by atoms with Crippen molar-refractivity contribution in [1.82, 2.24) is 10.3 Å². The quantitative estimate of drug-likeness (QED) is 0.117. The zero-order chi connectivity index (χ0) is 47.2. The first kappa shape index (κ1) is 48.6. The number of rotatable bonds is 11. The number of aromatic nitrogens is 1. The molecule has 2 saturated heterocycles. The van der Waals surface area contributed by atoms with E-state index in [1.54, 1.807) is 0 Å². The number of hydrogen-bond acceptors (Lipinski definition) is 14. The van der Waals surface area contributed by atoms with Crippen molar-refractivity contribution < 1.29 is 69.1 Å². The fourth-order valence-corrected chi connectivity index (χ4v) is 14.6. The number of aliphatic carboxylic acids is 2. The normalized spacial score (nSPS) is 48.2. The second-order valence-electron chi connectivity index (χ2n) is 22.8. The molecular formula is C49H72N2O14. The van der Waals surface area contributed by atoms with Crippen LogP contribution in [0, 0.1) is 50.2 Å². The predicted molar refractivity (Wildman–Crippen MR) is 233 cm³/mol. The molecule has 0 unspecified atom stereocenters. The number of ether oxygens (including phenoxy) is 4. The zero-order valence-corrected chi connectivity index (χ0v) is 38.9. The fourth-order valence-electron chi connectivity index (χ4n) is 14.6. The molecule has 19 atom stereocenters. The summed E-state index contributed by atoms with van der Waals surface area (Å²) in [6, 6.07) is 6.02. The lowest BCUT2D eigenvalue weighted by Gasteiger charge is -2.70. The molecule has 0 amide bonds. The minimum atomic E-state index is -2.03. The standard InChI is InChI=1S/C49H72N2O14/c1-44(2)29-11-15-49(7)39(28(52)22-26-27-23-45(3,16-17-46(27,4)18-19-48(26,49)6)24-50-21-13-25-10-8-9-20-51-25)47(29,5)14-12-30(44)62-43-38(34(56)33(55)37(64-43)41(60)61)65-42-35(57)31(53)32(54)36(63-42)40(58)59/h8-10,20,22,27,29-39,42-43,50,53-57H,11-19,21,23-24H2,1-7H3,(H,58,59)(H,60,61)/t27-,29-,30-,31-,32-,33-,34-,35+,36-,37-,38+,39+,42-,43+,45-,46+,47-,48+,49+/m0/s1. The van der Waals surface area contributed by atoms with Crippen molar-refractivity contribution in [2.24, 2.45) is 50.2 Å². The van der Waals surface area contributed by atoms with Crippen LogP contribution >= 0.6 is 0 Å². The SMILES string of the molecule is CC1(C)[C@@H](O[C@@H]2O[C@H](C(=O)O)[C@@H](O)[C@H](O)[C@H]2O[C@@H]2O[C@H](C(=O)O)[C@@H](O)[C@H](O)[C@H]2O)CC[C@]2(C)[C@H]3C(=O)C=C4[C@@H]5C[C@@](C)(CNCCc6ccccn6)CC[C@]5(C)CC[C@@]4(C)[C@]3(C)CC[C@@H]12. The molecule has 0 aromatic carbocycles. The maximum absolute atomic E-state index is 15.1. The molecule has 8 rings (SSSR count). The van der Waals surface area contributed by atoms with Gasteiger partial charge in [0.05, 0.1) is 6.10 Å². The van der Waals surface area contributed by atoms with E-state index in [4.69, 9.17) is 18.9 Å². The summed E-state index contributed by atoms with van der Waals surface area (Å²) in [4.78, 5) is 43.8. The summed E-state index contributed by atoms with van der Waals surface area (Å²) in [5.41, 5.74) is 1.02. The van der Waals surface area contributed by atoms with E-state index in [9.17, 15) is 45.3 Å². The molecule has 0 bridgehead atoms. The summed E-state index contributed by atoms with van der Waals surface area (Å²) in [6.07, 6.45) is -7.17. The highest BCUT2D eigenvalue weighted by atomic mass is 16.8. The Bertz CT molecular complexity index is 2000. The summed E-state index contributed by atoms with van der Waals surface area (Å²) in [6.45, 7) is 17.8. The van der Waals surface area contributed by atoms with Crippen LogP contribution in [0.5, 0.6) is 0 Å². The number of aliphatic hydroxyl groups excluding tert-OH is 5. The van der Waals surface area contributed by atoms with Gasteiger partial charge in [0, 0.05) is 37.3 Å². The molecule has 8 N–H and O–H groups in total. The monoisotopic (exact) mass is 912 g/mol. The smallest absolute Gasteiger partial charge is 0.335 e. The molecule has 2 aliphatic heterocycles. The van der Waals surface area contributed by atoms with Crippen molar-refractivity contribution in [2.75, 3.05) is 13.1 Å². The molecule has 65 heavy (non-hydrogen) atoms. The molecule has 4 saturated carbocycles. The van der Waals surface area contributed by atoms with E-state index < -0.39 is 90.3 Å². The number of pyridine rings is 1. The third kappa shape index (κ3) is 8.02. The number of carboxylic acid groups (broad SMARTS) is 2. The van der Waals surface area contributed by atoms with Gasteiger partial charge in [0.15, 0.2) is 30.6 Å². The summed E-state index contributed by atoms with van der Waals surface area (Å²) < 4.78 is 23.6. The van der Waals surface area contributed by atoms with Crippen LogP contribution in [-0.2, 0) is 39.8 Å². The van der Waals surface area contributed by atoms with Gasteiger partial charge in [-0.05, 0) is 120 Å². The van der Waals surface area contributed by atoms with E-state index in [0.717, 1.165) is 70.2 Å². The van der Waals surface area contributed by atoms with E-state index >= 15 is 4.79 Å². The van der Waals surface area contributed by atoms with Crippen LogP contribution in [0.2, 0.25) is 0 Å². The lowest BCUT2D eigenvalue weighted by molar-refractivity contribution is -0.371. The highest BCUT2D eigenvalue weighted by Crippen LogP contribution is 2.75. The Morgan fingerprint density at radius 3 is 2.11 bits per heavy atom. The average molecular weight is 913 g/mol. The number of nitrogens with one attached hydrogen (secondary N) is 1. The van der Waals surface area contributed by atoms with Gasteiger partial charge in [-0.15, -0.1) is 0 Å². The maximum Gasteiger partial charge on any atom is 0.335 e. The number of nitrogens with zero attached hydrogens (tertiary/aromatic N) is 1. The number of hydrogen-bond donors (Lipinski definition) is 8. The maximum atomic E-state index is 15.1. The number of ketones is 1. The molecular weight excluding hydrogens is 841 g/mol. The van der Waals surface area contributed by atoms with Crippen LogP contribution in [0.4, 0.5) is 0 Å². The van der Waals surface area contributed by atoms with E-state index in [-0.39, 0.29) is 39.3 Å². The Hall–Kier alpha value is -2.90. The predicted octanol–water partition coefficient (Wildman–Crippen LogP) is 3.39. The molecule has 5 aliphatic carbocycles. The second kappa shape index (κ2) is 17.3. The molecule has 0 radical (unpaired) electrons. The minimum absolute atomic E-state index is 0.0384. The summed E-state index contributed by atoms with van der Waals surface area (Å²) in [7, 11) is 0. The van der Waals surface area contributed by atoms with Gasteiger partial charge in [-0.25, -0.2) is 9.59 Å². The number of carbonyl (C=O) groups is 3. The van der Waals surface area contributed by atoms with Crippen molar-refractivity contribution in [3.05, 3.63) is 41.7 Å². The first-order chi connectivity index (χ1) is 30.4. The minimum Gasteiger partial charge on any atom is -0.479 e. The van der Waals surface area contributed by atoms with Crippen LogP contribution in [0.15, 0.2) is 36.0 Å². The fraction of sp³-hybridized carbons (Fsp3) is 0.796. The first-order valence-electron chi connectivity index (χ1n) is 23.8. The largest absolute Gasteiger partial charge is 0.479 e. The van der Waals surface area contributed by atoms with Crippen LogP contribution in [0.1, 0.15) is 112 Å². The lowest BCUT2D eigenvalue weighted by atomic mass is 9.33. The van der Waals surface area contributed by atoms with Crippen molar-refractivity contribution in [3.63, 3.8) is 0 Å². The second-order valence-corrected chi connectivity index (χ2v) is 22.8. The molecule has 0 spiro atoms. The van der Waals surface area contributed by atoms with E-state index in [1.807, 2.05) is 18.3 Å². The zero-order valence-electron chi connectivity index (χ0n) is 38.9. The van der Waals surface area contributed by atoms with Gasteiger partial charge in [0.25, 0.3) is 0 Å². The molecule has 362 valence electrons. The highest BCUT2D eigenvalue weighted by molar-refractivity contribution is 5.95. The molecule has 6 fully saturated rings. The average Bonchev–Trinajstić information content (AvgIpc) is 3.24. The van der Waals surface area contributed by atoms with E-state index in [2.05, 4.69) is 70.9 Å². The lowest BCUT2D eigenvalue weighted by Crippen LogP contribution is -2.68. The topological polar surface area (TPSA) is 255 Å². The summed E-state index contributed by atoms with van der Waals surface area (Å²) >= 11 is 0. The first-order valence-corrected chi connectivity index (χ1v) is 23.8. The number of fused-ring (bicyclic) bond motifs is 7. The molecule has 16 heteroatoms. The Kier molecular flexibility index (Phi) is 12.9. The Labute approximate surface area is 381 Å². The Balaban J connectivity index is 1.03. The van der Waals surface area contributed by atoms with Crippen LogP contribution in [0.3, 0.4) is 0 Å². The van der Waals surface area contributed by atoms with Crippen molar-refractivity contribution >= 4 is 17.7 Å². The number of allylic oxidation sites excluding steroid dienone is 2. The summed E-state index contributed by atoms with van der Waals surface area (Å²) in [5.74, 6) is -3.04. The third-order valence-electron chi connectivity index (χ3n) is 18.6. The van der Waals surface area contributed by atoms with E-state index in [0.29, 0.717) is 18.8 Å². The van der Waals surface area contributed by atoms with Crippen molar-refractivity contribution in [3.8, 4) is 0 Å². The van der Waals surface area contributed by atoms with Crippen molar-refractivity contribution in [2.45, 2.75) is 180 Å². The van der Waals surface area contributed by atoms with Gasteiger partial charge in [0.2, 0.25) is 0 Å². The Morgan fingerprint density at radius 1 is 0.785 bits per heavy atom. The molecule has 7 aliphatic rings. The van der Waals surface area contributed by atoms with Gasteiger partial charge in [-0.2, -0.15) is 0 Å². The number of carbonyl (C=O) groups excluding carboxylic acids is 1. The number of aliphatic hydroxyl groups is 5.